The Morgan fingerprint density at radius 2 is 0.929 bits per heavy atom. The van der Waals surface area contributed by atoms with Gasteiger partial charge in [0.15, 0.2) is 0 Å². The predicted octanol–water partition coefficient (Wildman–Crippen LogP) is -4.78. The van der Waals surface area contributed by atoms with Crippen LogP contribution in [0.15, 0.2) is 0 Å². The Hall–Kier alpha value is -1.38. The van der Waals surface area contributed by atoms with Crippen LogP contribution in [0.5, 0.6) is 0 Å². The van der Waals surface area contributed by atoms with Crippen molar-refractivity contribution in [1.29, 1.82) is 0 Å². The van der Waals surface area contributed by atoms with Gasteiger partial charge in [0, 0.05) is 13.1 Å². The van der Waals surface area contributed by atoms with Crippen LogP contribution in [0.2, 0.25) is 0 Å². The second-order valence-electron chi connectivity index (χ2n) is 7.70. The van der Waals surface area contributed by atoms with Gasteiger partial charge in [0.25, 0.3) is 0 Å². The van der Waals surface area contributed by atoms with Gasteiger partial charge in [-0.05, 0) is 12.8 Å². The van der Waals surface area contributed by atoms with E-state index in [1.807, 2.05) is 0 Å². The largest absolute Gasteiger partial charge is 0.480 e. The lowest BCUT2D eigenvalue weighted by Crippen LogP contribution is -2.42. The lowest BCUT2D eigenvalue weighted by atomic mass is 10.0. The Morgan fingerprint density at radius 3 is 1.21 bits per heavy atom. The van der Waals surface area contributed by atoms with Gasteiger partial charge in [0.05, 0.1) is 24.3 Å². The molecule has 4 aliphatic heterocycles. The van der Waals surface area contributed by atoms with Gasteiger partial charge in [0.1, 0.15) is 36.5 Å². The van der Waals surface area contributed by atoms with Crippen LogP contribution in [0, 0.1) is 0 Å². The van der Waals surface area contributed by atoms with Crippen LogP contribution in [0.3, 0.4) is 0 Å². The van der Waals surface area contributed by atoms with Gasteiger partial charge in [-0.2, -0.15) is 0 Å². The highest BCUT2D eigenvalue weighted by atomic mass is 16.4. The zero-order valence-corrected chi connectivity index (χ0v) is 14.9. The normalized spacial score (nSPS) is 48.1. The third kappa shape index (κ3) is 3.29. The van der Waals surface area contributed by atoms with Crippen molar-refractivity contribution in [1.82, 2.24) is 9.80 Å². The van der Waals surface area contributed by atoms with E-state index in [1.54, 1.807) is 0 Å². The van der Waals surface area contributed by atoms with E-state index in [2.05, 4.69) is 0 Å². The highest BCUT2D eigenvalue weighted by molar-refractivity contribution is 5.75. The molecule has 8 N–H and O–H groups in total. The molecule has 4 aliphatic rings. The fourth-order valence-corrected chi connectivity index (χ4v) is 4.89. The number of carbonyl (C=O) groups is 2. The minimum Gasteiger partial charge on any atom is -0.480 e. The smallest absolute Gasteiger partial charge is 0.323 e. The molecule has 10 atom stereocenters. The van der Waals surface area contributed by atoms with E-state index in [-0.39, 0.29) is 0 Å². The van der Waals surface area contributed by atoms with Gasteiger partial charge in [0.2, 0.25) is 0 Å². The number of aliphatic hydroxyl groups excluding tert-OH is 6. The topological polar surface area (TPSA) is 202 Å². The van der Waals surface area contributed by atoms with Gasteiger partial charge in [-0.15, -0.1) is 0 Å². The Kier molecular flexibility index (Phi) is 5.94. The molecule has 4 fully saturated rings. The minimum atomic E-state index is -1.31. The van der Waals surface area contributed by atoms with Crippen LogP contribution in [0.4, 0.5) is 0 Å². The summed E-state index contributed by atoms with van der Waals surface area (Å²) in [5, 5.41) is 74.7. The molecule has 0 spiro atoms. The van der Waals surface area contributed by atoms with E-state index in [4.69, 9.17) is 10.2 Å². The second-order valence-corrected chi connectivity index (χ2v) is 7.70. The average molecular weight is 406 g/mol. The Bertz CT molecular complexity index is 568. The van der Waals surface area contributed by atoms with E-state index in [0.29, 0.717) is 25.9 Å². The lowest BCUT2D eigenvalue weighted by molar-refractivity contribution is -0.146. The van der Waals surface area contributed by atoms with Crippen molar-refractivity contribution in [2.24, 2.45) is 0 Å². The van der Waals surface area contributed by atoms with Crippen LogP contribution < -0.4 is 0 Å². The first-order valence-electron chi connectivity index (χ1n) is 9.13. The molecule has 0 aliphatic carbocycles. The number of hydrogen-bond acceptors (Lipinski definition) is 10. The van der Waals surface area contributed by atoms with Crippen molar-refractivity contribution in [3.05, 3.63) is 0 Å². The number of hydrogen-bond donors (Lipinski definition) is 8. The van der Waals surface area contributed by atoms with Crippen LogP contribution in [0.25, 0.3) is 0 Å². The van der Waals surface area contributed by atoms with Gasteiger partial charge in [-0.25, -0.2) is 0 Å². The Labute approximate surface area is 159 Å². The molecule has 4 saturated heterocycles. The summed E-state index contributed by atoms with van der Waals surface area (Å²) in [5.41, 5.74) is 0. The standard InChI is InChI=1S/2C8H13NO5/c2*10-3-1-2-9-4(3)6(11)7(12)5(9)8(13)14/h2*3-7,10-12H,1-2H2,(H,13,14)/t3-,4+,5-,6+,7+;/m0./s1. The van der Waals surface area contributed by atoms with Gasteiger partial charge in [-0.1, -0.05) is 0 Å². The number of fused-ring (bicyclic) bond motifs is 2. The molecule has 12 nitrogen and oxygen atoms in total. The molecular weight excluding hydrogens is 380 g/mol. The van der Waals surface area contributed by atoms with Crippen LogP contribution in [-0.2, 0) is 9.59 Å². The highest BCUT2D eigenvalue weighted by Gasteiger charge is 2.57. The monoisotopic (exact) mass is 406 g/mol. The zero-order valence-electron chi connectivity index (χ0n) is 14.9. The predicted molar refractivity (Wildman–Crippen MR) is 89.1 cm³/mol. The van der Waals surface area contributed by atoms with E-state index in [1.165, 1.54) is 9.80 Å². The average Bonchev–Trinajstić information content (AvgIpc) is 3.29. The van der Waals surface area contributed by atoms with E-state index < -0.39 is 72.7 Å². The fraction of sp³-hybridized carbons (Fsp3) is 0.875. The number of aliphatic carboxylic acids is 2. The van der Waals surface area contributed by atoms with E-state index >= 15 is 0 Å². The quantitative estimate of drug-likeness (QED) is 0.218. The van der Waals surface area contributed by atoms with Gasteiger partial charge < -0.3 is 40.9 Å². The molecule has 0 saturated carbocycles. The minimum absolute atomic E-state index is 0.400. The summed E-state index contributed by atoms with van der Waals surface area (Å²) >= 11 is 0. The van der Waals surface area contributed by atoms with E-state index in [0.717, 1.165) is 0 Å². The first kappa shape index (κ1) is 21.3. The summed E-state index contributed by atoms with van der Waals surface area (Å²) in [5.74, 6) is -2.32. The number of nitrogens with zero attached hydrogens (tertiary/aromatic N) is 2. The molecule has 4 rings (SSSR count). The third-order valence-electron chi connectivity index (χ3n) is 6.19. The summed E-state index contributed by atoms with van der Waals surface area (Å²) in [6.07, 6.45) is -5.58. The summed E-state index contributed by atoms with van der Waals surface area (Å²) in [4.78, 5) is 24.5. The Morgan fingerprint density at radius 1 is 0.607 bits per heavy atom. The fourth-order valence-electron chi connectivity index (χ4n) is 4.89. The summed E-state index contributed by atoms with van der Waals surface area (Å²) in [7, 11) is 0. The number of carboxylic acid groups (broad SMARTS) is 2. The molecule has 4 heterocycles. The van der Waals surface area contributed by atoms with Crippen molar-refractivity contribution < 1.29 is 50.4 Å². The maximum atomic E-state index is 10.8. The summed E-state index contributed by atoms with van der Waals surface area (Å²) in [6, 6.07) is -3.45. The molecule has 12 heteroatoms. The maximum Gasteiger partial charge on any atom is 0.323 e. The van der Waals surface area contributed by atoms with Gasteiger partial charge in [-0.3, -0.25) is 19.4 Å². The molecule has 160 valence electrons. The Balaban J connectivity index is 0.000000161. The first-order chi connectivity index (χ1) is 13.1. The second kappa shape index (κ2) is 7.80. The SMILES string of the molecule is O=C(O)C1C(O)C(O)C2C(O)CCN12.O=C(O)[C@@H]1[C@@H](O)[C@H](O)[C@H]2[C@@H](O)CCN21. The molecule has 0 bridgehead atoms. The summed E-state index contributed by atoms with van der Waals surface area (Å²) in [6.45, 7) is 0.799. The molecule has 0 aromatic heterocycles. The molecule has 0 amide bonds. The zero-order chi connectivity index (χ0) is 20.9. The summed E-state index contributed by atoms with van der Waals surface area (Å²) < 4.78 is 0. The van der Waals surface area contributed by atoms with Crippen molar-refractivity contribution in [3.63, 3.8) is 0 Å². The number of rotatable bonds is 2. The highest BCUT2D eigenvalue weighted by Crippen LogP contribution is 2.34. The van der Waals surface area contributed by atoms with Crippen LogP contribution >= 0.6 is 0 Å². The molecule has 0 aromatic rings. The van der Waals surface area contributed by atoms with Crippen molar-refractivity contribution in [2.45, 2.75) is 73.6 Å². The molecular formula is C16H26N2O10. The number of carboxylic acids is 2. The maximum absolute atomic E-state index is 10.8. The first-order valence-corrected chi connectivity index (χ1v) is 9.13. The third-order valence-corrected chi connectivity index (χ3v) is 6.19. The van der Waals surface area contributed by atoms with Crippen molar-refractivity contribution >= 4 is 11.9 Å². The lowest BCUT2D eigenvalue weighted by Gasteiger charge is -2.20. The van der Waals surface area contributed by atoms with Crippen molar-refractivity contribution in [2.75, 3.05) is 13.1 Å². The van der Waals surface area contributed by atoms with Gasteiger partial charge >= 0.3 is 11.9 Å². The molecule has 0 aromatic carbocycles. The van der Waals surface area contributed by atoms with Crippen LogP contribution in [0.1, 0.15) is 12.8 Å². The molecule has 0 radical (unpaired) electrons. The number of aliphatic hydroxyl groups is 6. The van der Waals surface area contributed by atoms with E-state index in [9.17, 15) is 40.2 Å². The van der Waals surface area contributed by atoms with Crippen LogP contribution in [-0.4, -0.2) is 136 Å². The molecule has 28 heavy (non-hydrogen) atoms. The molecule has 5 unspecified atom stereocenters. The van der Waals surface area contributed by atoms with Crippen molar-refractivity contribution in [3.8, 4) is 0 Å².